The predicted molar refractivity (Wildman–Crippen MR) is 132 cm³/mol. The quantitative estimate of drug-likeness (QED) is 0.474. The molecule has 4 heterocycles. The van der Waals surface area contributed by atoms with Crippen LogP contribution in [-0.4, -0.2) is 51.4 Å². The maximum absolute atomic E-state index is 13.3. The van der Waals surface area contributed by atoms with Gasteiger partial charge < -0.3 is 24.3 Å². The van der Waals surface area contributed by atoms with Gasteiger partial charge in [0.15, 0.2) is 17.3 Å². The van der Waals surface area contributed by atoms with Crippen molar-refractivity contribution in [3.8, 4) is 22.9 Å². The third-order valence-corrected chi connectivity index (χ3v) is 6.59. The summed E-state index contributed by atoms with van der Waals surface area (Å²) < 4.78 is 12.8. The van der Waals surface area contributed by atoms with Crippen LogP contribution < -0.4 is 14.8 Å². The molecule has 0 atom stereocenters. The van der Waals surface area contributed by atoms with Gasteiger partial charge in [-0.2, -0.15) is 5.10 Å². The molecule has 0 aliphatic carbocycles. The molecule has 0 saturated heterocycles. The number of ether oxygens (including phenoxy) is 2. The number of amides is 2. The molecule has 2 aliphatic rings. The van der Waals surface area contributed by atoms with E-state index in [2.05, 4.69) is 33.9 Å². The van der Waals surface area contributed by atoms with Crippen LogP contribution in [0.2, 0.25) is 0 Å². The van der Waals surface area contributed by atoms with Gasteiger partial charge in [0.25, 0.3) is 11.8 Å². The monoisotopic (exact) mass is 477 g/mol. The molecule has 1 aromatic carbocycles. The summed E-state index contributed by atoms with van der Waals surface area (Å²) in [6, 6.07) is 7.04. The molecule has 3 aromatic rings. The summed E-state index contributed by atoms with van der Waals surface area (Å²) in [7, 11) is 0. The maximum Gasteiger partial charge on any atom is 0.257 e. The molecule has 0 spiro atoms. The lowest BCUT2D eigenvalue weighted by atomic mass is 10.1. The van der Waals surface area contributed by atoms with Gasteiger partial charge in [-0.15, -0.1) is 0 Å². The molecule has 2 N–H and O–H groups in total. The number of aromatic nitrogens is 3. The Hall–Kier alpha value is -3.75. The van der Waals surface area contributed by atoms with Crippen molar-refractivity contribution in [1.82, 2.24) is 19.7 Å². The fraction of sp³-hybridized carbons (Fsp3) is 0.423. The number of fused-ring (bicyclic) bond motifs is 4. The number of carbonyl (C=O) groups excluding carboxylic acids is 2. The highest BCUT2D eigenvalue weighted by Crippen LogP contribution is 2.35. The fourth-order valence-corrected chi connectivity index (χ4v) is 4.59. The van der Waals surface area contributed by atoms with Crippen LogP contribution in [0.25, 0.3) is 11.4 Å². The highest BCUT2D eigenvalue weighted by Gasteiger charge is 2.27. The normalized spacial score (nSPS) is 13.3. The lowest BCUT2D eigenvalue weighted by molar-refractivity contribution is 0.0751. The first-order valence-electron chi connectivity index (χ1n) is 12.4. The Morgan fingerprint density at radius 3 is 2.63 bits per heavy atom. The molecular formula is C26H31N5O4. The van der Waals surface area contributed by atoms with Gasteiger partial charge in [0, 0.05) is 37.0 Å². The summed E-state index contributed by atoms with van der Waals surface area (Å²) in [6.07, 6.45) is 6.76. The highest BCUT2D eigenvalue weighted by atomic mass is 16.7. The number of benzene rings is 1. The molecule has 0 saturated carbocycles. The van der Waals surface area contributed by atoms with Crippen molar-refractivity contribution in [1.29, 1.82) is 0 Å². The third kappa shape index (κ3) is 4.50. The average molecular weight is 478 g/mol. The first-order valence-corrected chi connectivity index (χ1v) is 12.4. The van der Waals surface area contributed by atoms with Crippen LogP contribution >= 0.6 is 0 Å². The molecule has 184 valence electrons. The Balaban J connectivity index is 1.35. The minimum Gasteiger partial charge on any atom is -0.454 e. The van der Waals surface area contributed by atoms with Gasteiger partial charge in [-0.05, 0) is 43.5 Å². The van der Waals surface area contributed by atoms with E-state index in [1.165, 1.54) is 0 Å². The molecule has 35 heavy (non-hydrogen) atoms. The molecule has 9 nitrogen and oxygen atoms in total. The summed E-state index contributed by atoms with van der Waals surface area (Å²) in [5.41, 5.74) is 3.86. The van der Waals surface area contributed by atoms with E-state index >= 15 is 0 Å². The lowest BCUT2D eigenvalue weighted by Crippen LogP contribution is -2.32. The van der Waals surface area contributed by atoms with Crippen molar-refractivity contribution < 1.29 is 19.1 Å². The Labute approximate surface area is 204 Å². The number of rotatable bonds is 9. The summed E-state index contributed by atoms with van der Waals surface area (Å²) in [6.45, 7) is 6.71. The van der Waals surface area contributed by atoms with Crippen LogP contribution in [0.5, 0.6) is 11.5 Å². The molecule has 5 rings (SSSR count). The van der Waals surface area contributed by atoms with Gasteiger partial charge in [-0.3, -0.25) is 14.7 Å². The Morgan fingerprint density at radius 1 is 1.09 bits per heavy atom. The SMILES string of the molecule is CCCCN(CCCC)C(=O)c1cc2n(c1)CCc1c(NC(=O)c3ccc4c(c3)OCO4)n[nH]c1-2. The summed E-state index contributed by atoms with van der Waals surface area (Å²) in [4.78, 5) is 28.1. The van der Waals surface area contributed by atoms with E-state index < -0.39 is 0 Å². The minimum atomic E-state index is -0.267. The van der Waals surface area contributed by atoms with E-state index in [0.717, 1.165) is 55.7 Å². The predicted octanol–water partition coefficient (Wildman–Crippen LogP) is 4.46. The van der Waals surface area contributed by atoms with Gasteiger partial charge >= 0.3 is 0 Å². The van der Waals surface area contributed by atoms with E-state index in [1.54, 1.807) is 18.2 Å². The molecule has 2 aromatic heterocycles. The molecule has 9 heteroatoms. The van der Waals surface area contributed by atoms with Crippen LogP contribution in [-0.2, 0) is 13.0 Å². The molecular weight excluding hydrogens is 446 g/mol. The fourth-order valence-electron chi connectivity index (χ4n) is 4.59. The van der Waals surface area contributed by atoms with E-state index in [9.17, 15) is 9.59 Å². The lowest BCUT2D eigenvalue weighted by Gasteiger charge is -2.21. The first-order chi connectivity index (χ1) is 17.1. The van der Waals surface area contributed by atoms with Crippen molar-refractivity contribution in [2.75, 3.05) is 25.2 Å². The topological polar surface area (TPSA) is 101 Å². The van der Waals surface area contributed by atoms with Crippen LogP contribution in [0.1, 0.15) is 65.8 Å². The number of aryl methyl sites for hydroxylation is 1. The largest absolute Gasteiger partial charge is 0.454 e. The summed E-state index contributed by atoms with van der Waals surface area (Å²) in [5.74, 6) is 1.51. The Bertz CT molecular complexity index is 1240. The van der Waals surface area contributed by atoms with Crippen molar-refractivity contribution >= 4 is 17.6 Å². The van der Waals surface area contributed by atoms with Crippen molar-refractivity contribution in [2.24, 2.45) is 0 Å². The smallest absolute Gasteiger partial charge is 0.257 e. The van der Waals surface area contributed by atoms with E-state index in [0.29, 0.717) is 41.4 Å². The number of hydrogen-bond acceptors (Lipinski definition) is 5. The second-order valence-electron chi connectivity index (χ2n) is 9.00. The van der Waals surface area contributed by atoms with Crippen LogP contribution in [0, 0.1) is 0 Å². The molecule has 0 bridgehead atoms. The Kier molecular flexibility index (Phi) is 6.48. The number of aromatic amines is 1. The standard InChI is InChI=1S/C26H31N5O4/c1-3-5-10-30(11-6-4-2)26(33)18-13-20-23-19(9-12-31(20)15-18)24(29-28-23)27-25(32)17-7-8-21-22(14-17)35-16-34-21/h7-8,13-15H,3-6,9-12,16H2,1-2H3,(H2,27,28,29,32). The molecule has 0 fully saturated rings. The number of H-pyrrole nitrogens is 1. The maximum atomic E-state index is 13.3. The van der Waals surface area contributed by atoms with Gasteiger partial charge in [-0.25, -0.2) is 0 Å². The Morgan fingerprint density at radius 2 is 1.86 bits per heavy atom. The molecule has 2 aliphatic heterocycles. The zero-order chi connectivity index (χ0) is 24.4. The molecule has 0 unspecified atom stereocenters. The van der Waals surface area contributed by atoms with Gasteiger partial charge in [-0.1, -0.05) is 26.7 Å². The number of unbranched alkanes of at least 4 members (excludes halogenated alkanes) is 2. The summed E-state index contributed by atoms with van der Waals surface area (Å²) in [5, 5.41) is 10.4. The first kappa shape index (κ1) is 23.0. The molecule has 2 amide bonds. The average Bonchev–Trinajstić information content (AvgIpc) is 3.61. The second-order valence-corrected chi connectivity index (χ2v) is 9.00. The van der Waals surface area contributed by atoms with E-state index in [4.69, 9.17) is 9.47 Å². The van der Waals surface area contributed by atoms with Crippen LogP contribution in [0.4, 0.5) is 5.82 Å². The third-order valence-electron chi connectivity index (χ3n) is 6.59. The number of carbonyl (C=O) groups is 2. The van der Waals surface area contributed by atoms with Gasteiger partial charge in [0.2, 0.25) is 6.79 Å². The van der Waals surface area contributed by atoms with Crippen LogP contribution in [0.15, 0.2) is 30.5 Å². The van der Waals surface area contributed by atoms with Gasteiger partial charge in [0.1, 0.15) is 0 Å². The van der Waals surface area contributed by atoms with Gasteiger partial charge in [0.05, 0.1) is 17.0 Å². The number of nitrogens with one attached hydrogen (secondary N) is 2. The van der Waals surface area contributed by atoms with Crippen molar-refractivity contribution in [3.63, 3.8) is 0 Å². The zero-order valence-corrected chi connectivity index (χ0v) is 20.2. The minimum absolute atomic E-state index is 0.0752. The molecule has 0 radical (unpaired) electrons. The second kappa shape index (κ2) is 9.85. The van der Waals surface area contributed by atoms with Crippen molar-refractivity contribution in [2.45, 2.75) is 52.5 Å². The highest BCUT2D eigenvalue weighted by molar-refractivity contribution is 6.05. The number of nitrogens with zero attached hydrogens (tertiary/aromatic N) is 3. The van der Waals surface area contributed by atoms with Crippen molar-refractivity contribution in [3.05, 3.63) is 47.2 Å². The zero-order valence-electron chi connectivity index (χ0n) is 20.2. The van der Waals surface area contributed by atoms with E-state index in [-0.39, 0.29) is 18.6 Å². The number of hydrogen-bond donors (Lipinski definition) is 2. The van der Waals surface area contributed by atoms with Crippen LogP contribution in [0.3, 0.4) is 0 Å². The number of anilines is 1. The van der Waals surface area contributed by atoms with E-state index in [1.807, 2.05) is 17.2 Å². The summed E-state index contributed by atoms with van der Waals surface area (Å²) >= 11 is 0.